The Bertz CT molecular complexity index is 604. The van der Waals surface area contributed by atoms with Crippen molar-refractivity contribution in [1.29, 1.82) is 0 Å². The third kappa shape index (κ3) is 3.65. The van der Waals surface area contributed by atoms with Crippen LogP contribution < -0.4 is 14.2 Å². The van der Waals surface area contributed by atoms with E-state index in [1.807, 2.05) is 0 Å². The Kier molecular flexibility index (Phi) is 5.16. The molecule has 0 bridgehead atoms. The molecule has 1 atom stereocenters. The minimum absolute atomic E-state index is 0.311. The minimum Gasteiger partial charge on any atom is -0.496 e. The first-order valence-corrected chi connectivity index (χ1v) is 6.53. The predicted molar refractivity (Wildman–Crippen MR) is 76.4 cm³/mol. The molecule has 0 fully saturated rings. The Balaban J connectivity index is 2.12. The van der Waals surface area contributed by atoms with Gasteiger partial charge in [0.15, 0.2) is 0 Å². The molecular formula is C16H16F2O4. The van der Waals surface area contributed by atoms with Crippen LogP contribution in [0.25, 0.3) is 0 Å². The summed E-state index contributed by atoms with van der Waals surface area (Å²) in [5.41, 5.74) is -0.419. The number of halogens is 2. The van der Waals surface area contributed by atoms with Gasteiger partial charge in [-0.15, -0.1) is 0 Å². The van der Waals surface area contributed by atoms with Gasteiger partial charge in [-0.3, -0.25) is 0 Å². The van der Waals surface area contributed by atoms with E-state index in [4.69, 9.17) is 14.2 Å². The molecule has 1 N–H and O–H groups in total. The molecule has 0 heterocycles. The number of aliphatic hydroxyl groups is 1. The highest BCUT2D eigenvalue weighted by Gasteiger charge is 2.18. The summed E-state index contributed by atoms with van der Waals surface area (Å²) >= 11 is 0. The molecular weight excluding hydrogens is 294 g/mol. The van der Waals surface area contributed by atoms with Gasteiger partial charge in [0.2, 0.25) is 0 Å². The number of hydrogen-bond donors (Lipinski definition) is 1. The van der Waals surface area contributed by atoms with Crippen LogP contribution in [-0.4, -0.2) is 25.9 Å². The lowest BCUT2D eigenvalue weighted by molar-refractivity contribution is 0.101. The molecule has 0 aliphatic rings. The highest BCUT2D eigenvalue weighted by Crippen LogP contribution is 2.28. The molecule has 2 aromatic carbocycles. The van der Waals surface area contributed by atoms with Crippen molar-refractivity contribution in [3.05, 3.63) is 53.6 Å². The standard InChI is InChI=1S/C16H16F2O4/c1-20-10-6-11(21-2)8-12(7-10)22-9-15(19)16-13(17)4-3-5-14(16)18/h3-8,15,19H,9H2,1-2H3. The second kappa shape index (κ2) is 7.09. The van der Waals surface area contributed by atoms with Crippen molar-refractivity contribution in [2.24, 2.45) is 0 Å². The number of methoxy groups -OCH3 is 2. The first kappa shape index (κ1) is 16.0. The number of ether oxygens (including phenoxy) is 3. The average molecular weight is 310 g/mol. The Labute approximate surface area is 126 Å². The van der Waals surface area contributed by atoms with Gasteiger partial charge in [0.1, 0.15) is 41.6 Å². The molecule has 118 valence electrons. The summed E-state index contributed by atoms with van der Waals surface area (Å²) in [4.78, 5) is 0. The summed E-state index contributed by atoms with van der Waals surface area (Å²) in [6, 6.07) is 8.20. The number of rotatable bonds is 6. The SMILES string of the molecule is COc1cc(OC)cc(OCC(O)c2c(F)cccc2F)c1. The quantitative estimate of drug-likeness (QED) is 0.890. The topological polar surface area (TPSA) is 47.9 Å². The van der Waals surface area contributed by atoms with Crippen LogP contribution in [0.2, 0.25) is 0 Å². The van der Waals surface area contributed by atoms with E-state index in [1.165, 1.54) is 20.3 Å². The molecule has 0 aromatic heterocycles. The third-order valence-corrected chi connectivity index (χ3v) is 3.07. The third-order valence-electron chi connectivity index (χ3n) is 3.07. The first-order valence-electron chi connectivity index (χ1n) is 6.53. The molecule has 4 nitrogen and oxygen atoms in total. The summed E-state index contributed by atoms with van der Waals surface area (Å²) in [7, 11) is 2.98. The van der Waals surface area contributed by atoms with E-state index >= 15 is 0 Å². The van der Waals surface area contributed by atoms with Crippen molar-refractivity contribution in [2.75, 3.05) is 20.8 Å². The smallest absolute Gasteiger partial charge is 0.132 e. The van der Waals surface area contributed by atoms with E-state index < -0.39 is 23.3 Å². The average Bonchev–Trinajstić information content (AvgIpc) is 2.52. The van der Waals surface area contributed by atoms with Gasteiger partial charge in [0.25, 0.3) is 0 Å². The summed E-state index contributed by atoms with van der Waals surface area (Å²) in [6.07, 6.45) is -1.43. The maximum atomic E-state index is 13.6. The van der Waals surface area contributed by atoms with Gasteiger partial charge >= 0.3 is 0 Å². The predicted octanol–water partition coefficient (Wildman–Crippen LogP) is 3.09. The first-order chi connectivity index (χ1) is 10.5. The van der Waals surface area contributed by atoms with Crippen LogP contribution >= 0.6 is 0 Å². The zero-order valence-electron chi connectivity index (χ0n) is 12.2. The Hall–Kier alpha value is -2.34. The van der Waals surface area contributed by atoms with Crippen LogP contribution in [0.15, 0.2) is 36.4 Å². The Morgan fingerprint density at radius 2 is 1.45 bits per heavy atom. The van der Waals surface area contributed by atoms with Gasteiger partial charge in [0.05, 0.1) is 19.8 Å². The van der Waals surface area contributed by atoms with Gasteiger partial charge < -0.3 is 19.3 Å². The van der Waals surface area contributed by atoms with Crippen LogP contribution in [0.1, 0.15) is 11.7 Å². The zero-order valence-corrected chi connectivity index (χ0v) is 12.2. The summed E-state index contributed by atoms with van der Waals surface area (Å²) in [6.45, 7) is -0.311. The van der Waals surface area contributed by atoms with Crippen LogP contribution in [0, 0.1) is 11.6 Å². The van der Waals surface area contributed by atoms with Gasteiger partial charge in [0, 0.05) is 18.2 Å². The number of benzene rings is 2. The summed E-state index contributed by atoms with van der Waals surface area (Å²) in [5, 5.41) is 9.93. The normalized spacial score (nSPS) is 11.9. The molecule has 0 aliphatic heterocycles. The highest BCUT2D eigenvalue weighted by molar-refractivity contribution is 5.42. The monoisotopic (exact) mass is 310 g/mol. The minimum atomic E-state index is -1.43. The van der Waals surface area contributed by atoms with Crippen molar-refractivity contribution in [2.45, 2.75) is 6.10 Å². The van der Waals surface area contributed by atoms with Gasteiger partial charge in [-0.2, -0.15) is 0 Å². The van der Waals surface area contributed by atoms with Crippen molar-refractivity contribution in [3.8, 4) is 17.2 Å². The van der Waals surface area contributed by atoms with E-state index in [9.17, 15) is 13.9 Å². The summed E-state index contributed by atoms with van der Waals surface area (Å²) in [5.74, 6) is -0.285. The maximum absolute atomic E-state index is 13.6. The van der Waals surface area contributed by atoms with Gasteiger partial charge in [-0.05, 0) is 12.1 Å². The lowest BCUT2D eigenvalue weighted by atomic mass is 10.1. The number of hydrogen-bond acceptors (Lipinski definition) is 4. The second-order valence-corrected chi connectivity index (χ2v) is 4.51. The van der Waals surface area contributed by atoms with E-state index in [-0.39, 0.29) is 6.61 Å². The van der Waals surface area contributed by atoms with Crippen LogP contribution in [0.5, 0.6) is 17.2 Å². The molecule has 0 spiro atoms. The lowest BCUT2D eigenvalue weighted by Crippen LogP contribution is -2.13. The van der Waals surface area contributed by atoms with Crippen LogP contribution in [0.4, 0.5) is 8.78 Å². The molecule has 2 rings (SSSR count). The fraction of sp³-hybridized carbons (Fsp3) is 0.250. The van der Waals surface area contributed by atoms with Gasteiger partial charge in [-0.25, -0.2) is 8.78 Å². The molecule has 1 unspecified atom stereocenters. The van der Waals surface area contributed by atoms with E-state index in [0.717, 1.165) is 12.1 Å². The molecule has 0 saturated carbocycles. The fourth-order valence-corrected chi connectivity index (χ4v) is 1.95. The molecule has 22 heavy (non-hydrogen) atoms. The van der Waals surface area contributed by atoms with Crippen molar-refractivity contribution in [1.82, 2.24) is 0 Å². The fourth-order valence-electron chi connectivity index (χ4n) is 1.95. The van der Waals surface area contributed by atoms with Crippen molar-refractivity contribution >= 4 is 0 Å². The Morgan fingerprint density at radius 3 is 1.95 bits per heavy atom. The molecule has 0 saturated heterocycles. The van der Waals surface area contributed by atoms with E-state index in [0.29, 0.717) is 17.2 Å². The summed E-state index contributed by atoms with van der Waals surface area (Å²) < 4.78 is 42.7. The largest absolute Gasteiger partial charge is 0.496 e. The lowest BCUT2D eigenvalue weighted by Gasteiger charge is -2.15. The van der Waals surface area contributed by atoms with E-state index in [2.05, 4.69) is 0 Å². The highest BCUT2D eigenvalue weighted by atomic mass is 19.1. The molecule has 0 radical (unpaired) electrons. The Morgan fingerprint density at radius 1 is 0.955 bits per heavy atom. The van der Waals surface area contributed by atoms with Gasteiger partial charge in [-0.1, -0.05) is 6.07 Å². The number of aliphatic hydroxyl groups excluding tert-OH is 1. The molecule has 6 heteroatoms. The molecule has 2 aromatic rings. The maximum Gasteiger partial charge on any atom is 0.132 e. The van der Waals surface area contributed by atoms with Crippen molar-refractivity contribution < 1.29 is 28.1 Å². The van der Waals surface area contributed by atoms with Crippen LogP contribution in [-0.2, 0) is 0 Å². The molecule has 0 aliphatic carbocycles. The second-order valence-electron chi connectivity index (χ2n) is 4.51. The van der Waals surface area contributed by atoms with E-state index in [1.54, 1.807) is 18.2 Å². The van der Waals surface area contributed by atoms with Crippen LogP contribution in [0.3, 0.4) is 0 Å². The van der Waals surface area contributed by atoms with Crippen molar-refractivity contribution in [3.63, 3.8) is 0 Å². The zero-order chi connectivity index (χ0) is 16.1. The molecule has 0 amide bonds.